The smallest absolute Gasteiger partial charge is 0.148 e. The van der Waals surface area contributed by atoms with Crippen molar-refractivity contribution in [1.29, 1.82) is 0 Å². The number of nitrogens with zero attached hydrogens (tertiary/aromatic N) is 3. The summed E-state index contributed by atoms with van der Waals surface area (Å²) in [5.74, 6) is 2.32. The van der Waals surface area contributed by atoms with Crippen molar-refractivity contribution in [2.75, 3.05) is 0 Å². The molecular weight excluding hydrogens is 210 g/mol. The maximum atomic E-state index is 5.86. The van der Waals surface area contributed by atoms with E-state index in [-0.39, 0.29) is 5.41 Å². The van der Waals surface area contributed by atoms with E-state index in [0.29, 0.717) is 11.9 Å². The Balaban J connectivity index is 3.24. The summed E-state index contributed by atoms with van der Waals surface area (Å²) in [5, 5.41) is 8.43. The van der Waals surface area contributed by atoms with Crippen LogP contribution < -0.4 is 0 Å². The SMILES string of the molecule is CCC(C)(C)c1nnc(CCl)n1C(C)C. The van der Waals surface area contributed by atoms with Gasteiger partial charge in [0.05, 0.1) is 5.88 Å². The molecule has 0 aromatic carbocycles. The first-order valence-electron chi connectivity index (χ1n) is 5.44. The lowest BCUT2D eigenvalue weighted by atomic mass is 9.89. The van der Waals surface area contributed by atoms with Crippen LogP contribution >= 0.6 is 11.6 Å². The van der Waals surface area contributed by atoms with E-state index in [0.717, 1.165) is 18.1 Å². The standard InChI is InChI=1S/C11H20ClN3/c1-6-11(4,5)10-14-13-9(7-12)15(10)8(2)3/h8H,6-7H2,1-5H3. The van der Waals surface area contributed by atoms with E-state index in [4.69, 9.17) is 11.6 Å². The summed E-state index contributed by atoms with van der Waals surface area (Å²) < 4.78 is 2.15. The zero-order chi connectivity index (χ0) is 11.6. The molecule has 0 saturated carbocycles. The average molecular weight is 230 g/mol. The summed E-state index contributed by atoms with van der Waals surface area (Å²) in [6, 6.07) is 0.356. The van der Waals surface area contributed by atoms with Crippen LogP contribution in [-0.4, -0.2) is 14.8 Å². The van der Waals surface area contributed by atoms with Gasteiger partial charge in [0.1, 0.15) is 11.6 Å². The lowest BCUT2D eigenvalue weighted by Crippen LogP contribution is -2.23. The number of alkyl halides is 1. The van der Waals surface area contributed by atoms with Crippen molar-refractivity contribution >= 4 is 11.6 Å². The Hall–Kier alpha value is -0.570. The average Bonchev–Trinajstić information content (AvgIpc) is 2.61. The maximum absolute atomic E-state index is 5.86. The fourth-order valence-corrected chi connectivity index (χ4v) is 1.76. The largest absolute Gasteiger partial charge is 0.311 e. The predicted octanol–water partition coefficient (Wildman–Crippen LogP) is 3.29. The fourth-order valence-electron chi connectivity index (χ4n) is 1.58. The van der Waals surface area contributed by atoms with Gasteiger partial charge in [-0.1, -0.05) is 20.8 Å². The molecule has 0 fully saturated rings. The van der Waals surface area contributed by atoms with Crippen LogP contribution in [0.2, 0.25) is 0 Å². The Bertz CT molecular complexity index is 329. The van der Waals surface area contributed by atoms with E-state index < -0.39 is 0 Å². The normalized spacial score (nSPS) is 12.5. The molecule has 1 rings (SSSR count). The van der Waals surface area contributed by atoms with Crippen LogP contribution in [0.25, 0.3) is 0 Å². The summed E-state index contributed by atoms with van der Waals surface area (Å²) in [5.41, 5.74) is 0.0571. The first kappa shape index (κ1) is 12.5. The molecular formula is C11H20ClN3. The molecule has 0 aliphatic rings. The van der Waals surface area contributed by atoms with Gasteiger partial charge in [-0.3, -0.25) is 0 Å². The van der Waals surface area contributed by atoms with Crippen LogP contribution in [0, 0.1) is 0 Å². The zero-order valence-electron chi connectivity index (χ0n) is 10.2. The van der Waals surface area contributed by atoms with Gasteiger partial charge in [-0.2, -0.15) is 0 Å². The third kappa shape index (κ3) is 2.33. The number of hydrogen-bond donors (Lipinski definition) is 0. The summed E-state index contributed by atoms with van der Waals surface area (Å²) in [7, 11) is 0. The van der Waals surface area contributed by atoms with E-state index >= 15 is 0 Å². The molecule has 0 atom stereocenters. The van der Waals surface area contributed by atoms with E-state index in [9.17, 15) is 0 Å². The van der Waals surface area contributed by atoms with Crippen molar-refractivity contribution in [2.24, 2.45) is 0 Å². The van der Waals surface area contributed by atoms with Crippen molar-refractivity contribution < 1.29 is 0 Å². The Labute approximate surface area is 96.8 Å². The third-order valence-electron chi connectivity index (χ3n) is 2.89. The highest BCUT2D eigenvalue weighted by Crippen LogP contribution is 2.28. The number of rotatable bonds is 4. The van der Waals surface area contributed by atoms with Crippen molar-refractivity contribution in [3.63, 3.8) is 0 Å². The highest BCUT2D eigenvalue weighted by atomic mass is 35.5. The Kier molecular flexibility index (Phi) is 3.77. The molecule has 0 amide bonds. The summed E-state index contributed by atoms with van der Waals surface area (Å²) in [6.45, 7) is 10.8. The summed E-state index contributed by atoms with van der Waals surface area (Å²) >= 11 is 5.86. The van der Waals surface area contributed by atoms with Crippen molar-refractivity contribution in [2.45, 2.75) is 58.4 Å². The molecule has 3 nitrogen and oxygen atoms in total. The second-order valence-corrected chi connectivity index (χ2v) is 5.04. The minimum Gasteiger partial charge on any atom is -0.311 e. The van der Waals surface area contributed by atoms with Crippen LogP contribution in [0.15, 0.2) is 0 Å². The van der Waals surface area contributed by atoms with Gasteiger partial charge in [-0.15, -0.1) is 21.8 Å². The maximum Gasteiger partial charge on any atom is 0.148 e. The van der Waals surface area contributed by atoms with Gasteiger partial charge in [-0.05, 0) is 20.3 Å². The molecule has 0 saturated heterocycles. The first-order chi connectivity index (χ1) is 6.94. The van der Waals surface area contributed by atoms with E-state index in [1.165, 1.54) is 0 Å². The predicted molar refractivity (Wildman–Crippen MR) is 63.3 cm³/mol. The highest BCUT2D eigenvalue weighted by Gasteiger charge is 2.27. The third-order valence-corrected chi connectivity index (χ3v) is 3.13. The Morgan fingerprint density at radius 1 is 1.33 bits per heavy atom. The topological polar surface area (TPSA) is 30.7 Å². The molecule has 0 aliphatic heterocycles. The molecule has 86 valence electrons. The molecule has 0 bridgehead atoms. The monoisotopic (exact) mass is 229 g/mol. The zero-order valence-corrected chi connectivity index (χ0v) is 11.0. The molecule has 0 radical (unpaired) electrons. The quantitative estimate of drug-likeness (QED) is 0.742. The lowest BCUT2D eigenvalue weighted by Gasteiger charge is -2.24. The van der Waals surface area contributed by atoms with Crippen molar-refractivity contribution in [3.8, 4) is 0 Å². The van der Waals surface area contributed by atoms with Crippen molar-refractivity contribution in [3.05, 3.63) is 11.6 Å². The summed E-state index contributed by atoms with van der Waals surface area (Å²) in [4.78, 5) is 0. The van der Waals surface area contributed by atoms with Gasteiger partial charge >= 0.3 is 0 Å². The highest BCUT2D eigenvalue weighted by molar-refractivity contribution is 6.16. The molecule has 0 spiro atoms. The van der Waals surface area contributed by atoms with Gasteiger partial charge < -0.3 is 4.57 Å². The molecule has 15 heavy (non-hydrogen) atoms. The second-order valence-electron chi connectivity index (χ2n) is 4.77. The van der Waals surface area contributed by atoms with Crippen LogP contribution in [0.1, 0.15) is 58.7 Å². The fraction of sp³-hybridized carbons (Fsp3) is 0.818. The Morgan fingerprint density at radius 3 is 2.33 bits per heavy atom. The van der Waals surface area contributed by atoms with Crippen LogP contribution in [-0.2, 0) is 11.3 Å². The molecule has 0 N–H and O–H groups in total. The summed E-state index contributed by atoms with van der Waals surface area (Å²) in [6.07, 6.45) is 1.04. The second kappa shape index (κ2) is 4.52. The number of hydrogen-bond acceptors (Lipinski definition) is 2. The minimum absolute atomic E-state index is 0.0571. The molecule has 0 aliphatic carbocycles. The molecule has 1 aromatic heterocycles. The molecule has 1 aromatic rings. The molecule has 1 heterocycles. The van der Waals surface area contributed by atoms with Gasteiger partial charge in [0, 0.05) is 11.5 Å². The number of halogens is 1. The van der Waals surface area contributed by atoms with Gasteiger partial charge in [0.25, 0.3) is 0 Å². The lowest BCUT2D eigenvalue weighted by molar-refractivity contribution is 0.421. The van der Waals surface area contributed by atoms with E-state index in [2.05, 4.69) is 49.4 Å². The Morgan fingerprint density at radius 2 is 1.93 bits per heavy atom. The van der Waals surface area contributed by atoms with Gasteiger partial charge in [0.15, 0.2) is 0 Å². The van der Waals surface area contributed by atoms with Gasteiger partial charge in [-0.25, -0.2) is 0 Å². The van der Waals surface area contributed by atoms with Crippen molar-refractivity contribution in [1.82, 2.24) is 14.8 Å². The van der Waals surface area contributed by atoms with E-state index in [1.807, 2.05) is 0 Å². The van der Waals surface area contributed by atoms with E-state index in [1.54, 1.807) is 0 Å². The van der Waals surface area contributed by atoms with Crippen LogP contribution in [0.3, 0.4) is 0 Å². The van der Waals surface area contributed by atoms with Crippen LogP contribution in [0.5, 0.6) is 0 Å². The number of aromatic nitrogens is 3. The van der Waals surface area contributed by atoms with Crippen LogP contribution in [0.4, 0.5) is 0 Å². The molecule has 4 heteroatoms. The molecule has 0 unspecified atom stereocenters. The first-order valence-corrected chi connectivity index (χ1v) is 5.97. The van der Waals surface area contributed by atoms with Gasteiger partial charge in [0.2, 0.25) is 0 Å². The minimum atomic E-state index is 0.0571.